The van der Waals surface area contributed by atoms with E-state index in [1.165, 1.54) is 5.56 Å². The van der Waals surface area contributed by atoms with Crippen LogP contribution in [0.15, 0.2) is 65.9 Å². The van der Waals surface area contributed by atoms with E-state index in [-0.39, 0.29) is 11.5 Å². The Balaban J connectivity index is 1.27. The van der Waals surface area contributed by atoms with E-state index in [0.29, 0.717) is 11.6 Å². The Bertz CT molecular complexity index is 1380. The van der Waals surface area contributed by atoms with Gasteiger partial charge in [0.15, 0.2) is 0 Å². The first kappa shape index (κ1) is 29.3. The van der Waals surface area contributed by atoms with Crippen LogP contribution in [-0.4, -0.2) is 83.1 Å². The molecule has 0 saturated carbocycles. The number of methoxy groups -OCH3 is 1. The maximum absolute atomic E-state index is 10.5. The fourth-order valence-corrected chi connectivity index (χ4v) is 5.87. The molecule has 0 spiro atoms. The summed E-state index contributed by atoms with van der Waals surface area (Å²) in [5.41, 5.74) is 4.12. The number of piperazine rings is 1. The number of dihydropyridines is 1. The van der Waals surface area contributed by atoms with Crippen LogP contribution in [0.5, 0.6) is 5.88 Å². The molecular formula is C32H40N8O2. The highest BCUT2D eigenvalue weighted by molar-refractivity contribution is 5.93. The number of allylic oxidation sites excluding steroid dienone is 3. The first-order valence-corrected chi connectivity index (χ1v) is 14.5. The third-order valence-electron chi connectivity index (χ3n) is 8.49. The molecule has 2 aromatic heterocycles. The lowest BCUT2D eigenvalue weighted by Gasteiger charge is -2.40. The third kappa shape index (κ3) is 6.64. The molecule has 2 saturated heterocycles. The van der Waals surface area contributed by atoms with Crippen LogP contribution in [0.3, 0.4) is 0 Å². The van der Waals surface area contributed by atoms with E-state index in [0.717, 1.165) is 87.5 Å². The second-order valence-electron chi connectivity index (χ2n) is 11.6. The number of aromatic nitrogens is 2. The minimum Gasteiger partial charge on any atom is -0.481 e. The number of anilines is 1. The lowest BCUT2D eigenvalue weighted by molar-refractivity contribution is -0.00801. The van der Waals surface area contributed by atoms with Gasteiger partial charge in [-0.1, -0.05) is 6.07 Å². The highest BCUT2D eigenvalue weighted by Gasteiger charge is 2.31. The van der Waals surface area contributed by atoms with E-state index >= 15 is 0 Å². The molecule has 5 rings (SSSR count). The first-order valence-electron chi connectivity index (χ1n) is 14.5. The molecule has 10 heteroatoms. The van der Waals surface area contributed by atoms with Crippen LogP contribution in [0.4, 0.5) is 5.82 Å². The van der Waals surface area contributed by atoms with Crippen molar-refractivity contribution in [1.29, 1.82) is 10.7 Å². The lowest BCUT2D eigenvalue weighted by atomic mass is 9.83. The Hall–Kier alpha value is -4.20. The monoisotopic (exact) mass is 568 g/mol. The molecule has 5 heterocycles. The largest absolute Gasteiger partial charge is 0.481 e. The van der Waals surface area contributed by atoms with Crippen molar-refractivity contribution in [2.75, 3.05) is 51.3 Å². The standard InChI is InChI=1S/C32H40N8O2/c1-32(2,41)26-8-10-39(11-9-26)27-16-28(31(37-21-27)25(17-33)18-34)24-5-6-29(35-20-24)40-14-12-38(13-15-40)22-23-4-7-30(42-3)36-19-23/h4-7,16-17,19-21,26,33,37,41H,8-15,22H2,1-3H3/b31-25+,33-17?. The quantitative estimate of drug-likeness (QED) is 0.324. The smallest absolute Gasteiger partial charge is 0.212 e. The number of hydrogen-bond donors (Lipinski definition) is 3. The number of hydrogen-bond acceptors (Lipinski definition) is 10. The van der Waals surface area contributed by atoms with Crippen LogP contribution in [0.1, 0.15) is 37.8 Å². The zero-order valence-electron chi connectivity index (χ0n) is 24.7. The van der Waals surface area contributed by atoms with Gasteiger partial charge in [-0.3, -0.25) is 4.90 Å². The van der Waals surface area contributed by atoms with Gasteiger partial charge < -0.3 is 30.4 Å². The Kier molecular flexibility index (Phi) is 8.90. The maximum Gasteiger partial charge on any atom is 0.212 e. The molecule has 0 aliphatic carbocycles. The average Bonchev–Trinajstić information content (AvgIpc) is 3.02. The Morgan fingerprint density at radius 2 is 1.86 bits per heavy atom. The van der Waals surface area contributed by atoms with Crippen LogP contribution < -0.4 is 15.0 Å². The molecule has 3 N–H and O–H groups in total. The van der Waals surface area contributed by atoms with Crippen molar-refractivity contribution in [3.8, 4) is 11.9 Å². The normalized spacial score (nSPS) is 19.8. The summed E-state index contributed by atoms with van der Waals surface area (Å²) in [7, 11) is 1.62. The summed E-state index contributed by atoms with van der Waals surface area (Å²) in [6.45, 7) is 9.95. The van der Waals surface area contributed by atoms with Gasteiger partial charge >= 0.3 is 0 Å². The highest BCUT2D eigenvalue weighted by Crippen LogP contribution is 2.33. The van der Waals surface area contributed by atoms with Gasteiger partial charge in [0.1, 0.15) is 11.9 Å². The summed E-state index contributed by atoms with van der Waals surface area (Å²) in [4.78, 5) is 16.2. The van der Waals surface area contributed by atoms with Gasteiger partial charge in [-0.25, -0.2) is 9.97 Å². The number of aliphatic hydroxyl groups is 1. The van der Waals surface area contributed by atoms with Gasteiger partial charge in [-0.15, -0.1) is 0 Å². The Morgan fingerprint density at radius 1 is 1.10 bits per heavy atom. The van der Waals surface area contributed by atoms with Gasteiger partial charge in [-0.2, -0.15) is 5.26 Å². The van der Waals surface area contributed by atoms with Crippen molar-refractivity contribution < 1.29 is 9.84 Å². The summed E-state index contributed by atoms with van der Waals surface area (Å²) in [5, 5.41) is 31.2. The second kappa shape index (κ2) is 12.8. The van der Waals surface area contributed by atoms with Gasteiger partial charge in [0, 0.05) is 87.8 Å². The predicted molar refractivity (Wildman–Crippen MR) is 164 cm³/mol. The molecule has 0 bridgehead atoms. The summed E-state index contributed by atoms with van der Waals surface area (Å²) >= 11 is 0. The van der Waals surface area contributed by atoms with E-state index in [1.807, 2.05) is 50.6 Å². The molecule has 3 aliphatic rings. The molecule has 0 aromatic carbocycles. The second-order valence-corrected chi connectivity index (χ2v) is 11.6. The molecule has 0 amide bonds. The summed E-state index contributed by atoms with van der Waals surface area (Å²) in [5.74, 6) is 1.82. The number of nitrogens with one attached hydrogen (secondary N) is 2. The summed E-state index contributed by atoms with van der Waals surface area (Å²) < 4.78 is 5.16. The fraction of sp³-hybridized carbons (Fsp3) is 0.438. The SMILES string of the molecule is COc1ccc(CN2CCN(c3ccc(C4=CC(N5CCC(C(C)(C)O)CC5)=CN/C4=C(/C#N)C=N)cn3)CC2)cn1. The van der Waals surface area contributed by atoms with Crippen LogP contribution >= 0.6 is 0 Å². The number of likely N-dealkylation sites (tertiary alicyclic amines) is 1. The van der Waals surface area contributed by atoms with Crippen LogP contribution in [0.25, 0.3) is 5.57 Å². The Labute approximate surface area is 248 Å². The zero-order valence-corrected chi connectivity index (χ0v) is 24.7. The van der Waals surface area contributed by atoms with Gasteiger partial charge in [0.2, 0.25) is 5.88 Å². The highest BCUT2D eigenvalue weighted by atomic mass is 16.5. The lowest BCUT2D eigenvalue weighted by Crippen LogP contribution is -2.46. The Morgan fingerprint density at radius 3 is 2.43 bits per heavy atom. The number of nitrogens with zero attached hydrogens (tertiary/aromatic N) is 6. The number of nitriles is 1. The topological polar surface area (TPSA) is 125 Å². The molecule has 220 valence electrons. The molecule has 2 fully saturated rings. The summed E-state index contributed by atoms with van der Waals surface area (Å²) in [6.07, 6.45) is 10.6. The zero-order chi connectivity index (χ0) is 29.7. The van der Waals surface area contributed by atoms with E-state index in [1.54, 1.807) is 7.11 Å². The van der Waals surface area contributed by atoms with Crippen molar-refractivity contribution in [2.24, 2.45) is 5.92 Å². The van der Waals surface area contributed by atoms with Crippen LogP contribution in [0.2, 0.25) is 0 Å². The van der Waals surface area contributed by atoms with Crippen LogP contribution in [-0.2, 0) is 6.54 Å². The summed E-state index contributed by atoms with van der Waals surface area (Å²) in [6, 6.07) is 10.2. The van der Waals surface area contributed by atoms with E-state index < -0.39 is 5.60 Å². The van der Waals surface area contributed by atoms with Crippen molar-refractivity contribution in [2.45, 2.75) is 38.8 Å². The molecule has 3 aliphatic heterocycles. The first-order chi connectivity index (χ1) is 20.3. The minimum atomic E-state index is -0.679. The van der Waals surface area contributed by atoms with Crippen molar-refractivity contribution >= 4 is 17.6 Å². The molecule has 10 nitrogen and oxygen atoms in total. The third-order valence-corrected chi connectivity index (χ3v) is 8.49. The molecular weight excluding hydrogens is 528 g/mol. The number of piperidine rings is 1. The molecule has 0 radical (unpaired) electrons. The minimum absolute atomic E-state index is 0.268. The average molecular weight is 569 g/mol. The van der Waals surface area contributed by atoms with Crippen molar-refractivity contribution in [1.82, 2.24) is 25.1 Å². The number of rotatable bonds is 8. The number of ether oxygens (including phenoxy) is 1. The molecule has 0 unspecified atom stereocenters. The van der Waals surface area contributed by atoms with E-state index in [2.05, 4.69) is 43.2 Å². The predicted octanol–water partition coefficient (Wildman–Crippen LogP) is 3.55. The maximum atomic E-state index is 10.5. The fourth-order valence-electron chi connectivity index (χ4n) is 5.87. The van der Waals surface area contributed by atoms with Gasteiger partial charge in [0.25, 0.3) is 0 Å². The molecule has 42 heavy (non-hydrogen) atoms. The van der Waals surface area contributed by atoms with Crippen LogP contribution in [0, 0.1) is 22.7 Å². The molecule has 2 aromatic rings. The van der Waals surface area contributed by atoms with Crippen molar-refractivity contribution in [3.63, 3.8) is 0 Å². The van der Waals surface area contributed by atoms with E-state index in [4.69, 9.17) is 15.1 Å². The van der Waals surface area contributed by atoms with Gasteiger partial charge in [0.05, 0.1) is 29.7 Å². The number of pyridine rings is 2. The van der Waals surface area contributed by atoms with E-state index in [9.17, 15) is 10.4 Å². The molecule has 0 atom stereocenters. The van der Waals surface area contributed by atoms with Gasteiger partial charge in [-0.05, 0) is 56.4 Å². The van der Waals surface area contributed by atoms with Crippen molar-refractivity contribution in [3.05, 3.63) is 77.0 Å².